The predicted octanol–water partition coefficient (Wildman–Crippen LogP) is 6.69. The first-order valence-corrected chi connectivity index (χ1v) is 13.4. The molecule has 10 atom stereocenters. The standard InChI is InChI=1S/C29H43NO2/c1-18-10-13-30-26(14-18)32-17-19(2)22-6-7-23-21-15-25(31-5)29-16-20(29)8-12-28(29,4)24(21)9-11-27(22,23)3/h10,13-14,19-25H,6-9,11-12,15-17H2,1-5H3/t19-,20-,21+,22-,23+,24+,25?,27-,28-,29?/m1/s1. The molecule has 3 heteroatoms. The second-order valence-electron chi connectivity index (χ2n) is 12.9. The smallest absolute Gasteiger partial charge is 0.213 e. The van der Waals surface area contributed by atoms with Gasteiger partial charge in [-0.1, -0.05) is 20.8 Å². The molecule has 5 aliphatic carbocycles. The lowest BCUT2D eigenvalue weighted by Crippen LogP contribution is -2.57. The number of hydrogen-bond donors (Lipinski definition) is 0. The molecule has 1 aromatic heterocycles. The Morgan fingerprint density at radius 1 is 1.12 bits per heavy atom. The molecule has 176 valence electrons. The van der Waals surface area contributed by atoms with Gasteiger partial charge in [-0.25, -0.2) is 4.98 Å². The molecule has 6 rings (SSSR count). The highest BCUT2D eigenvalue weighted by Crippen LogP contribution is 2.82. The number of aryl methyl sites for hydroxylation is 1. The lowest BCUT2D eigenvalue weighted by molar-refractivity contribution is -0.161. The van der Waals surface area contributed by atoms with Crippen molar-refractivity contribution >= 4 is 0 Å². The zero-order valence-electron chi connectivity index (χ0n) is 20.9. The molecule has 5 aliphatic rings. The molecule has 3 nitrogen and oxygen atoms in total. The Kier molecular flexibility index (Phi) is 4.83. The molecule has 32 heavy (non-hydrogen) atoms. The number of aromatic nitrogens is 1. The van der Waals surface area contributed by atoms with Crippen LogP contribution in [0.2, 0.25) is 0 Å². The molecule has 5 saturated carbocycles. The maximum Gasteiger partial charge on any atom is 0.213 e. The number of nitrogens with zero attached hydrogens (tertiary/aromatic N) is 1. The SMILES string of the molecule is COC1C[C@H]2[C@@H]3CC[C@H]([C@H](C)COc4cc(C)ccn4)[C@@]3(C)CC[C@@H]2[C@@]2(C)CC[C@@H]3CC132. The molecular formula is C29H43NO2. The summed E-state index contributed by atoms with van der Waals surface area (Å²) < 4.78 is 12.5. The van der Waals surface area contributed by atoms with Crippen molar-refractivity contribution in [2.75, 3.05) is 13.7 Å². The maximum atomic E-state index is 6.29. The van der Waals surface area contributed by atoms with E-state index in [0.29, 0.717) is 28.3 Å². The summed E-state index contributed by atoms with van der Waals surface area (Å²) in [4.78, 5) is 4.42. The summed E-state index contributed by atoms with van der Waals surface area (Å²) in [7, 11) is 2.01. The Bertz CT molecular complexity index is 886. The summed E-state index contributed by atoms with van der Waals surface area (Å²) in [6, 6.07) is 4.10. The molecule has 0 radical (unpaired) electrons. The molecule has 0 saturated heterocycles. The van der Waals surface area contributed by atoms with Gasteiger partial charge in [-0.15, -0.1) is 0 Å². The fraction of sp³-hybridized carbons (Fsp3) is 0.828. The number of pyridine rings is 1. The van der Waals surface area contributed by atoms with Crippen LogP contribution in [0, 0.1) is 58.7 Å². The van der Waals surface area contributed by atoms with Crippen LogP contribution >= 0.6 is 0 Å². The predicted molar refractivity (Wildman–Crippen MR) is 127 cm³/mol. The molecule has 1 heterocycles. The van der Waals surface area contributed by atoms with E-state index < -0.39 is 0 Å². The van der Waals surface area contributed by atoms with Crippen molar-refractivity contribution in [2.24, 2.45) is 51.8 Å². The normalized spacial score (nSPS) is 49.5. The highest BCUT2D eigenvalue weighted by atomic mass is 16.5. The minimum atomic E-state index is 0.463. The lowest BCUT2D eigenvalue weighted by atomic mass is 9.45. The van der Waals surface area contributed by atoms with Crippen LogP contribution in [0.3, 0.4) is 0 Å². The van der Waals surface area contributed by atoms with Crippen LogP contribution in [-0.2, 0) is 4.74 Å². The van der Waals surface area contributed by atoms with E-state index in [0.717, 1.165) is 42.1 Å². The number of fused-ring (bicyclic) bond motifs is 4. The first kappa shape index (κ1) is 21.4. The number of hydrogen-bond acceptors (Lipinski definition) is 3. The van der Waals surface area contributed by atoms with Crippen LogP contribution < -0.4 is 4.74 Å². The summed E-state index contributed by atoms with van der Waals surface area (Å²) in [5, 5.41) is 0. The Morgan fingerprint density at radius 3 is 2.72 bits per heavy atom. The van der Waals surface area contributed by atoms with Gasteiger partial charge in [0.1, 0.15) is 0 Å². The number of rotatable bonds is 5. The van der Waals surface area contributed by atoms with E-state index in [-0.39, 0.29) is 0 Å². The zero-order valence-corrected chi connectivity index (χ0v) is 20.9. The second-order valence-corrected chi connectivity index (χ2v) is 12.9. The summed E-state index contributed by atoms with van der Waals surface area (Å²) in [6.45, 7) is 10.7. The third-order valence-corrected chi connectivity index (χ3v) is 12.0. The van der Waals surface area contributed by atoms with Crippen molar-refractivity contribution in [3.63, 3.8) is 0 Å². The summed E-state index contributed by atoms with van der Waals surface area (Å²) in [6.07, 6.45) is 13.7. The minimum Gasteiger partial charge on any atom is -0.477 e. The minimum absolute atomic E-state index is 0.463. The van der Waals surface area contributed by atoms with Crippen molar-refractivity contribution in [1.82, 2.24) is 4.98 Å². The first-order chi connectivity index (χ1) is 15.3. The fourth-order valence-electron chi connectivity index (χ4n) is 10.5. The molecule has 2 unspecified atom stereocenters. The molecule has 1 spiro atoms. The largest absolute Gasteiger partial charge is 0.477 e. The molecule has 0 amide bonds. The molecular weight excluding hydrogens is 394 g/mol. The van der Waals surface area contributed by atoms with Gasteiger partial charge in [-0.2, -0.15) is 0 Å². The van der Waals surface area contributed by atoms with E-state index in [1.165, 1.54) is 56.9 Å². The highest BCUT2D eigenvalue weighted by molar-refractivity contribution is 5.26. The van der Waals surface area contributed by atoms with E-state index in [4.69, 9.17) is 9.47 Å². The Labute approximate surface area is 195 Å². The average Bonchev–Trinajstić information content (AvgIpc) is 3.28. The van der Waals surface area contributed by atoms with Crippen molar-refractivity contribution in [3.05, 3.63) is 23.9 Å². The highest BCUT2D eigenvalue weighted by Gasteiger charge is 2.77. The van der Waals surface area contributed by atoms with Gasteiger partial charge in [0.2, 0.25) is 5.88 Å². The van der Waals surface area contributed by atoms with Crippen LogP contribution in [0.5, 0.6) is 5.88 Å². The molecule has 0 bridgehead atoms. The van der Waals surface area contributed by atoms with Crippen molar-refractivity contribution < 1.29 is 9.47 Å². The molecule has 1 aromatic rings. The van der Waals surface area contributed by atoms with Crippen LogP contribution in [0.25, 0.3) is 0 Å². The quantitative estimate of drug-likeness (QED) is 0.514. The van der Waals surface area contributed by atoms with Crippen LogP contribution in [0.1, 0.15) is 77.7 Å². The number of methoxy groups -OCH3 is 1. The van der Waals surface area contributed by atoms with Gasteiger partial charge in [0.05, 0.1) is 12.7 Å². The molecule has 0 aromatic carbocycles. The van der Waals surface area contributed by atoms with Crippen LogP contribution in [0.15, 0.2) is 18.3 Å². The number of ether oxygens (including phenoxy) is 2. The van der Waals surface area contributed by atoms with Crippen molar-refractivity contribution in [2.45, 2.75) is 85.2 Å². The first-order valence-electron chi connectivity index (χ1n) is 13.4. The van der Waals surface area contributed by atoms with Crippen LogP contribution in [-0.4, -0.2) is 24.8 Å². The van der Waals surface area contributed by atoms with E-state index in [2.05, 4.69) is 38.7 Å². The lowest BCUT2D eigenvalue weighted by Gasteiger charge is -2.61. The summed E-state index contributed by atoms with van der Waals surface area (Å²) in [5.74, 6) is 5.76. The van der Waals surface area contributed by atoms with Gasteiger partial charge in [-0.05, 0) is 116 Å². The third kappa shape index (κ3) is 2.72. The van der Waals surface area contributed by atoms with E-state index in [9.17, 15) is 0 Å². The Morgan fingerprint density at radius 2 is 1.97 bits per heavy atom. The van der Waals surface area contributed by atoms with Crippen molar-refractivity contribution in [3.8, 4) is 5.88 Å². The summed E-state index contributed by atoms with van der Waals surface area (Å²) in [5.41, 5.74) is 2.75. The van der Waals surface area contributed by atoms with Crippen molar-refractivity contribution in [1.29, 1.82) is 0 Å². The van der Waals surface area contributed by atoms with Gasteiger partial charge < -0.3 is 9.47 Å². The van der Waals surface area contributed by atoms with Gasteiger partial charge in [-0.3, -0.25) is 0 Å². The molecule has 0 N–H and O–H groups in total. The van der Waals surface area contributed by atoms with E-state index >= 15 is 0 Å². The molecule has 5 fully saturated rings. The van der Waals surface area contributed by atoms with Gasteiger partial charge in [0.25, 0.3) is 0 Å². The summed E-state index contributed by atoms with van der Waals surface area (Å²) >= 11 is 0. The zero-order chi connectivity index (χ0) is 22.3. The molecule has 0 aliphatic heterocycles. The Balaban J connectivity index is 1.21. The monoisotopic (exact) mass is 437 g/mol. The van der Waals surface area contributed by atoms with Gasteiger partial charge in [0, 0.05) is 24.8 Å². The fourth-order valence-corrected chi connectivity index (χ4v) is 10.5. The second kappa shape index (κ2) is 7.20. The van der Waals surface area contributed by atoms with Crippen LogP contribution in [0.4, 0.5) is 0 Å². The van der Waals surface area contributed by atoms with E-state index in [1.807, 2.05) is 19.4 Å². The van der Waals surface area contributed by atoms with Gasteiger partial charge in [0.15, 0.2) is 0 Å². The van der Waals surface area contributed by atoms with E-state index in [1.54, 1.807) is 0 Å². The Hall–Kier alpha value is -1.09. The third-order valence-electron chi connectivity index (χ3n) is 12.0. The average molecular weight is 438 g/mol. The topological polar surface area (TPSA) is 31.4 Å². The van der Waals surface area contributed by atoms with Gasteiger partial charge >= 0.3 is 0 Å². The maximum absolute atomic E-state index is 6.29.